The molecule has 0 radical (unpaired) electrons. The summed E-state index contributed by atoms with van der Waals surface area (Å²) in [6, 6.07) is 2.40. The summed E-state index contributed by atoms with van der Waals surface area (Å²) in [6.07, 6.45) is 9.50. The maximum atomic E-state index is 3.61. The van der Waals surface area contributed by atoms with Gasteiger partial charge in [0.2, 0.25) is 0 Å². The molecular weight excluding hydrogens is 220 g/mol. The third-order valence-electron chi connectivity index (χ3n) is 4.59. The van der Waals surface area contributed by atoms with Gasteiger partial charge >= 0.3 is 0 Å². The van der Waals surface area contributed by atoms with Crippen LogP contribution in [0.4, 0.5) is 0 Å². The summed E-state index contributed by atoms with van der Waals surface area (Å²) in [5.74, 6) is 0. The highest BCUT2D eigenvalue weighted by atomic mass is 15.2. The van der Waals surface area contributed by atoms with E-state index in [1.165, 1.54) is 51.5 Å². The third-order valence-corrected chi connectivity index (χ3v) is 4.59. The summed E-state index contributed by atoms with van der Waals surface area (Å²) in [7, 11) is 0. The van der Waals surface area contributed by atoms with E-state index >= 15 is 0 Å². The van der Waals surface area contributed by atoms with E-state index < -0.39 is 0 Å². The Hall–Kier alpha value is -0.0800. The first-order valence-corrected chi connectivity index (χ1v) is 8.21. The fraction of sp³-hybridized carbons (Fsp3) is 1.00. The predicted molar refractivity (Wildman–Crippen MR) is 81.1 cm³/mol. The molecule has 1 rings (SSSR count). The van der Waals surface area contributed by atoms with Crippen LogP contribution in [0.3, 0.4) is 0 Å². The van der Waals surface area contributed by atoms with Crippen LogP contribution in [0.15, 0.2) is 0 Å². The molecule has 0 spiro atoms. The number of unbranched alkanes of at least 4 members (excludes halogenated alkanes) is 1. The van der Waals surface area contributed by atoms with Gasteiger partial charge in [-0.25, -0.2) is 0 Å². The lowest BCUT2D eigenvalue weighted by atomic mass is 9.89. The topological polar surface area (TPSA) is 15.3 Å². The summed E-state index contributed by atoms with van der Waals surface area (Å²) in [6.45, 7) is 11.7. The monoisotopic (exact) mass is 254 g/mol. The number of nitrogens with one attached hydrogen (secondary N) is 1. The number of nitrogens with zero attached hydrogens (tertiary/aromatic N) is 1. The van der Waals surface area contributed by atoms with Gasteiger partial charge in [-0.3, -0.25) is 4.90 Å². The highest BCUT2D eigenvalue weighted by molar-refractivity contribution is 4.84. The molecule has 0 bridgehead atoms. The molecule has 0 aromatic carbocycles. The van der Waals surface area contributed by atoms with Gasteiger partial charge in [-0.1, -0.05) is 27.2 Å². The second kappa shape index (κ2) is 8.92. The summed E-state index contributed by atoms with van der Waals surface area (Å²) in [5.41, 5.74) is 0. The van der Waals surface area contributed by atoms with E-state index in [1.807, 2.05) is 0 Å². The molecule has 1 aliphatic rings. The molecule has 1 atom stereocenters. The van der Waals surface area contributed by atoms with Crippen molar-refractivity contribution >= 4 is 0 Å². The van der Waals surface area contributed by atoms with Crippen molar-refractivity contribution in [2.75, 3.05) is 13.1 Å². The van der Waals surface area contributed by atoms with Crippen LogP contribution in [0.1, 0.15) is 72.6 Å². The van der Waals surface area contributed by atoms with Crippen LogP contribution < -0.4 is 5.32 Å². The van der Waals surface area contributed by atoms with Crippen LogP contribution in [0.5, 0.6) is 0 Å². The maximum Gasteiger partial charge on any atom is 0.00992 e. The van der Waals surface area contributed by atoms with Crippen LogP contribution in [-0.2, 0) is 0 Å². The Balaban J connectivity index is 2.43. The smallest absolute Gasteiger partial charge is 0.00992 e. The van der Waals surface area contributed by atoms with E-state index in [2.05, 4.69) is 37.9 Å². The summed E-state index contributed by atoms with van der Waals surface area (Å²) >= 11 is 0. The van der Waals surface area contributed by atoms with Gasteiger partial charge in [-0.15, -0.1) is 0 Å². The van der Waals surface area contributed by atoms with E-state index in [9.17, 15) is 0 Å². The highest BCUT2D eigenvalue weighted by Crippen LogP contribution is 2.25. The molecule has 2 nitrogen and oxygen atoms in total. The minimum absolute atomic E-state index is 0.761. The Labute approximate surface area is 115 Å². The van der Waals surface area contributed by atoms with Gasteiger partial charge in [0.1, 0.15) is 0 Å². The van der Waals surface area contributed by atoms with Crippen LogP contribution in [0, 0.1) is 0 Å². The lowest BCUT2D eigenvalue weighted by molar-refractivity contribution is 0.0996. The number of hydrogen-bond donors (Lipinski definition) is 1. The van der Waals surface area contributed by atoms with Crippen LogP contribution in [0.25, 0.3) is 0 Å². The van der Waals surface area contributed by atoms with Crippen molar-refractivity contribution in [3.63, 3.8) is 0 Å². The molecule has 18 heavy (non-hydrogen) atoms. The molecule has 1 aliphatic carbocycles. The van der Waals surface area contributed by atoms with Crippen molar-refractivity contribution < 1.29 is 0 Å². The summed E-state index contributed by atoms with van der Waals surface area (Å²) in [5, 5.41) is 3.61. The van der Waals surface area contributed by atoms with Crippen LogP contribution >= 0.6 is 0 Å². The molecule has 0 heterocycles. The van der Waals surface area contributed by atoms with Gasteiger partial charge in [0.25, 0.3) is 0 Å². The number of hydrogen-bond acceptors (Lipinski definition) is 2. The van der Waals surface area contributed by atoms with Crippen molar-refractivity contribution in [2.45, 2.75) is 90.8 Å². The zero-order valence-electron chi connectivity index (χ0n) is 13.0. The number of rotatable bonds is 8. The van der Waals surface area contributed by atoms with Gasteiger partial charge in [-0.2, -0.15) is 0 Å². The molecule has 0 aromatic rings. The van der Waals surface area contributed by atoms with Crippen molar-refractivity contribution in [1.29, 1.82) is 0 Å². The normalized spacial score (nSPS) is 26.5. The first kappa shape index (κ1) is 16.0. The third kappa shape index (κ3) is 4.89. The largest absolute Gasteiger partial charge is 0.314 e. The molecule has 0 saturated heterocycles. The van der Waals surface area contributed by atoms with Crippen molar-refractivity contribution in [1.82, 2.24) is 10.2 Å². The minimum atomic E-state index is 0.761. The van der Waals surface area contributed by atoms with Gasteiger partial charge in [0.05, 0.1) is 0 Å². The van der Waals surface area contributed by atoms with E-state index in [0.29, 0.717) is 0 Å². The summed E-state index contributed by atoms with van der Waals surface area (Å²) in [4.78, 5) is 2.80. The maximum absolute atomic E-state index is 3.61. The molecule has 1 N–H and O–H groups in total. The molecule has 2 heteroatoms. The lowest BCUT2D eigenvalue weighted by Gasteiger charge is -2.40. The Morgan fingerprint density at radius 1 is 1.11 bits per heavy atom. The SMILES string of the molecule is CCCCN(C(C)CC)C1CCC(NCC)CC1. The zero-order valence-corrected chi connectivity index (χ0v) is 13.0. The fourth-order valence-electron chi connectivity index (χ4n) is 3.24. The Morgan fingerprint density at radius 3 is 2.28 bits per heavy atom. The molecular formula is C16H34N2. The molecule has 1 saturated carbocycles. The average molecular weight is 254 g/mol. The van der Waals surface area contributed by atoms with Crippen molar-refractivity contribution in [2.24, 2.45) is 0 Å². The molecule has 0 aliphatic heterocycles. The minimum Gasteiger partial charge on any atom is -0.314 e. The average Bonchev–Trinajstić information content (AvgIpc) is 2.41. The predicted octanol–water partition coefficient (Wildman–Crippen LogP) is 3.81. The molecule has 1 fully saturated rings. The van der Waals surface area contributed by atoms with Crippen molar-refractivity contribution in [3.05, 3.63) is 0 Å². The molecule has 108 valence electrons. The van der Waals surface area contributed by atoms with Gasteiger partial charge in [0, 0.05) is 18.1 Å². The van der Waals surface area contributed by atoms with E-state index in [4.69, 9.17) is 0 Å². The first-order chi connectivity index (χ1) is 8.72. The Bertz CT molecular complexity index is 197. The summed E-state index contributed by atoms with van der Waals surface area (Å²) < 4.78 is 0. The second-order valence-electron chi connectivity index (χ2n) is 5.91. The first-order valence-electron chi connectivity index (χ1n) is 8.21. The standard InChI is InChI=1S/C16H34N2/c1-5-8-13-18(14(4)6-2)16-11-9-15(10-12-16)17-7-3/h14-17H,5-13H2,1-4H3. The zero-order chi connectivity index (χ0) is 13.4. The second-order valence-corrected chi connectivity index (χ2v) is 5.91. The van der Waals surface area contributed by atoms with Crippen LogP contribution in [-0.4, -0.2) is 36.1 Å². The van der Waals surface area contributed by atoms with Gasteiger partial charge in [-0.05, 0) is 58.5 Å². The quantitative estimate of drug-likeness (QED) is 0.708. The van der Waals surface area contributed by atoms with E-state index in [1.54, 1.807) is 0 Å². The van der Waals surface area contributed by atoms with Gasteiger partial charge < -0.3 is 5.32 Å². The molecule has 0 amide bonds. The molecule has 1 unspecified atom stereocenters. The van der Waals surface area contributed by atoms with Crippen molar-refractivity contribution in [3.8, 4) is 0 Å². The van der Waals surface area contributed by atoms with E-state index in [0.717, 1.165) is 24.7 Å². The Morgan fingerprint density at radius 2 is 1.78 bits per heavy atom. The van der Waals surface area contributed by atoms with E-state index in [-0.39, 0.29) is 0 Å². The Kier molecular flexibility index (Phi) is 7.92. The highest BCUT2D eigenvalue weighted by Gasteiger charge is 2.27. The molecule has 0 aromatic heterocycles. The van der Waals surface area contributed by atoms with Crippen LogP contribution in [0.2, 0.25) is 0 Å². The van der Waals surface area contributed by atoms with Gasteiger partial charge in [0.15, 0.2) is 0 Å². The lowest BCUT2D eigenvalue weighted by Crippen LogP contribution is -2.46. The fourth-order valence-corrected chi connectivity index (χ4v) is 3.24.